The molecule has 0 atom stereocenters. The molecular weight excluding hydrogens is 544 g/mol. The summed E-state index contributed by atoms with van der Waals surface area (Å²) in [6.07, 6.45) is 1.41. The Bertz CT molecular complexity index is 1730. The van der Waals surface area contributed by atoms with Crippen LogP contribution in [0.15, 0.2) is 97.2 Å². The van der Waals surface area contributed by atoms with Gasteiger partial charge in [0.05, 0.1) is 19.0 Å². The third kappa shape index (κ3) is 6.97. The molecule has 3 amide bonds. The second-order valence-corrected chi connectivity index (χ2v) is 9.16. The van der Waals surface area contributed by atoms with Crippen molar-refractivity contribution in [3.05, 3.63) is 120 Å². The van der Waals surface area contributed by atoms with Crippen LogP contribution < -0.4 is 24.8 Å². The van der Waals surface area contributed by atoms with Crippen molar-refractivity contribution in [1.29, 1.82) is 0 Å². The van der Waals surface area contributed by atoms with Gasteiger partial charge in [0, 0.05) is 29.4 Å². The predicted octanol–water partition coefficient (Wildman–Crippen LogP) is 6.78. The maximum atomic E-state index is 15.0. The van der Waals surface area contributed by atoms with Gasteiger partial charge in [0.2, 0.25) is 5.91 Å². The summed E-state index contributed by atoms with van der Waals surface area (Å²) in [4.78, 5) is 28.7. The van der Waals surface area contributed by atoms with Crippen LogP contribution in [0.2, 0.25) is 0 Å². The second-order valence-electron chi connectivity index (χ2n) is 9.16. The fourth-order valence-electron chi connectivity index (χ4n) is 4.13. The molecule has 42 heavy (non-hydrogen) atoms. The molecule has 10 heteroatoms. The molecule has 1 heterocycles. The van der Waals surface area contributed by atoms with Crippen LogP contribution >= 0.6 is 0 Å². The molecule has 8 nitrogen and oxygen atoms in total. The number of nitrogens with zero attached hydrogens (tertiary/aromatic N) is 1. The van der Waals surface area contributed by atoms with Gasteiger partial charge < -0.3 is 19.5 Å². The number of anilines is 1. The number of pyridine rings is 1. The molecule has 0 unspecified atom stereocenters. The standard InChI is InChI=1S/C32H25F2N3O5/c1-40-29-17-24-26(18-30(29)41-19-21-5-3-2-4-6-21)35-14-13-27(24)42-28-12-11-23(16-25(28)34)36-32(39)37-31(38)15-20-7-9-22(33)10-8-20/h2-14,16-18H,15,19H2,1H3,(H2,36,37,38,39). The molecular formula is C32H25F2N3O5. The molecule has 4 aromatic carbocycles. The predicted molar refractivity (Wildman–Crippen MR) is 153 cm³/mol. The smallest absolute Gasteiger partial charge is 0.325 e. The summed E-state index contributed by atoms with van der Waals surface area (Å²) < 4.78 is 45.4. The maximum absolute atomic E-state index is 15.0. The number of amides is 3. The molecule has 0 saturated carbocycles. The first-order valence-corrected chi connectivity index (χ1v) is 12.8. The number of hydrogen-bond donors (Lipinski definition) is 2. The van der Waals surface area contributed by atoms with Gasteiger partial charge in [-0.05, 0) is 47.5 Å². The number of nitrogens with one attached hydrogen (secondary N) is 2. The van der Waals surface area contributed by atoms with Crippen LogP contribution in [0.3, 0.4) is 0 Å². The van der Waals surface area contributed by atoms with Crippen LogP contribution in [0.25, 0.3) is 10.9 Å². The van der Waals surface area contributed by atoms with E-state index in [-0.39, 0.29) is 17.9 Å². The number of rotatable bonds is 9. The third-order valence-corrected chi connectivity index (χ3v) is 6.16. The van der Waals surface area contributed by atoms with Crippen molar-refractivity contribution in [1.82, 2.24) is 10.3 Å². The molecule has 212 valence electrons. The van der Waals surface area contributed by atoms with Crippen LogP contribution in [0, 0.1) is 11.6 Å². The molecule has 0 aliphatic rings. The Morgan fingerprint density at radius 3 is 2.33 bits per heavy atom. The van der Waals surface area contributed by atoms with E-state index < -0.39 is 23.6 Å². The normalized spacial score (nSPS) is 10.6. The van der Waals surface area contributed by atoms with E-state index in [2.05, 4.69) is 15.6 Å². The van der Waals surface area contributed by atoms with Gasteiger partial charge in [-0.3, -0.25) is 15.1 Å². The fourth-order valence-corrected chi connectivity index (χ4v) is 4.13. The van der Waals surface area contributed by atoms with E-state index in [0.717, 1.165) is 11.6 Å². The lowest BCUT2D eigenvalue weighted by molar-refractivity contribution is -0.119. The monoisotopic (exact) mass is 569 g/mol. The average Bonchev–Trinajstić information content (AvgIpc) is 2.98. The van der Waals surface area contributed by atoms with Crippen LogP contribution in [-0.2, 0) is 17.8 Å². The SMILES string of the molecule is COc1cc2c(Oc3ccc(NC(=O)NC(=O)Cc4ccc(F)cc4)cc3F)ccnc2cc1OCc1ccccc1. The van der Waals surface area contributed by atoms with Gasteiger partial charge in [-0.25, -0.2) is 13.6 Å². The second kappa shape index (κ2) is 12.8. The van der Waals surface area contributed by atoms with E-state index in [1.54, 1.807) is 18.2 Å². The highest BCUT2D eigenvalue weighted by Gasteiger charge is 2.15. The van der Waals surface area contributed by atoms with Crippen LogP contribution in [0.5, 0.6) is 23.0 Å². The molecule has 1 aromatic heterocycles. The van der Waals surface area contributed by atoms with Crippen LogP contribution in [0.4, 0.5) is 19.3 Å². The van der Waals surface area contributed by atoms with E-state index in [1.807, 2.05) is 30.3 Å². The number of methoxy groups -OCH3 is 1. The summed E-state index contributed by atoms with van der Waals surface area (Å²) in [5.41, 5.74) is 2.18. The summed E-state index contributed by atoms with van der Waals surface area (Å²) in [6.45, 7) is 0.338. The Morgan fingerprint density at radius 1 is 0.810 bits per heavy atom. The maximum Gasteiger partial charge on any atom is 0.325 e. The van der Waals surface area contributed by atoms with Gasteiger partial charge in [-0.1, -0.05) is 42.5 Å². The Hall–Kier alpha value is -5.51. The molecule has 0 spiro atoms. The van der Waals surface area contributed by atoms with Gasteiger partial charge >= 0.3 is 6.03 Å². The topological polar surface area (TPSA) is 98.8 Å². The van der Waals surface area contributed by atoms with E-state index in [9.17, 15) is 18.4 Å². The summed E-state index contributed by atoms with van der Waals surface area (Å²) in [7, 11) is 1.52. The molecule has 0 saturated heterocycles. The minimum Gasteiger partial charge on any atom is -0.493 e. The van der Waals surface area contributed by atoms with Crippen molar-refractivity contribution in [2.75, 3.05) is 12.4 Å². The van der Waals surface area contributed by atoms with Crippen molar-refractivity contribution < 1.29 is 32.6 Å². The molecule has 0 bridgehead atoms. The van der Waals surface area contributed by atoms with E-state index >= 15 is 0 Å². The molecule has 5 aromatic rings. The highest BCUT2D eigenvalue weighted by Crippen LogP contribution is 2.38. The average molecular weight is 570 g/mol. The van der Waals surface area contributed by atoms with Gasteiger partial charge in [-0.2, -0.15) is 0 Å². The highest BCUT2D eigenvalue weighted by molar-refractivity contribution is 6.01. The zero-order chi connectivity index (χ0) is 29.5. The first-order valence-electron chi connectivity index (χ1n) is 12.8. The van der Waals surface area contributed by atoms with Crippen molar-refractivity contribution in [2.45, 2.75) is 13.0 Å². The summed E-state index contributed by atoms with van der Waals surface area (Å²) in [5.74, 6) is -0.591. The van der Waals surface area contributed by atoms with Gasteiger partial charge in [-0.15, -0.1) is 0 Å². The number of ether oxygens (including phenoxy) is 3. The van der Waals surface area contributed by atoms with E-state index in [1.165, 1.54) is 49.7 Å². The fraction of sp³-hybridized carbons (Fsp3) is 0.0938. The van der Waals surface area contributed by atoms with Gasteiger partial charge in [0.25, 0.3) is 0 Å². The molecule has 2 N–H and O–H groups in total. The lowest BCUT2D eigenvalue weighted by Crippen LogP contribution is -2.35. The molecule has 0 fully saturated rings. The number of imide groups is 1. The van der Waals surface area contributed by atoms with Crippen LogP contribution in [0.1, 0.15) is 11.1 Å². The lowest BCUT2D eigenvalue weighted by Gasteiger charge is -2.14. The number of halogens is 2. The Morgan fingerprint density at radius 2 is 1.60 bits per heavy atom. The zero-order valence-corrected chi connectivity index (χ0v) is 22.4. The van der Waals surface area contributed by atoms with Crippen molar-refractivity contribution in [2.24, 2.45) is 0 Å². The summed E-state index contributed by atoms with van der Waals surface area (Å²) in [6, 6.07) is 23.1. The number of benzene rings is 4. The Balaban J connectivity index is 1.26. The molecule has 0 radical (unpaired) electrons. The number of fused-ring (bicyclic) bond motifs is 1. The number of carbonyl (C=O) groups excluding carboxylic acids is 2. The first kappa shape index (κ1) is 28.0. The number of urea groups is 1. The van der Waals surface area contributed by atoms with E-state index in [4.69, 9.17) is 14.2 Å². The lowest BCUT2D eigenvalue weighted by atomic mass is 10.1. The Labute approximate surface area is 239 Å². The Kier molecular flexibility index (Phi) is 8.53. The largest absolute Gasteiger partial charge is 0.493 e. The number of aromatic nitrogens is 1. The molecule has 0 aliphatic carbocycles. The minimum atomic E-state index is -0.840. The van der Waals surface area contributed by atoms with E-state index in [0.29, 0.717) is 40.3 Å². The third-order valence-electron chi connectivity index (χ3n) is 6.16. The summed E-state index contributed by atoms with van der Waals surface area (Å²) >= 11 is 0. The van der Waals surface area contributed by atoms with Gasteiger partial charge in [0.15, 0.2) is 23.1 Å². The zero-order valence-electron chi connectivity index (χ0n) is 22.4. The minimum absolute atomic E-state index is 0.0933. The summed E-state index contributed by atoms with van der Waals surface area (Å²) in [5, 5.41) is 5.13. The quantitative estimate of drug-likeness (QED) is 0.203. The van der Waals surface area contributed by atoms with Crippen LogP contribution in [-0.4, -0.2) is 24.0 Å². The van der Waals surface area contributed by atoms with Crippen molar-refractivity contribution in [3.8, 4) is 23.0 Å². The van der Waals surface area contributed by atoms with Crippen molar-refractivity contribution in [3.63, 3.8) is 0 Å². The highest BCUT2D eigenvalue weighted by atomic mass is 19.1. The van der Waals surface area contributed by atoms with Crippen molar-refractivity contribution >= 4 is 28.5 Å². The number of carbonyl (C=O) groups is 2. The van der Waals surface area contributed by atoms with Gasteiger partial charge in [0.1, 0.15) is 18.2 Å². The molecule has 5 rings (SSSR count). The number of hydrogen-bond acceptors (Lipinski definition) is 6. The molecule has 0 aliphatic heterocycles. The first-order chi connectivity index (χ1) is 20.4.